The molecule has 42 heavy (non-hydrogen) atoms. The average molecular weight is 589 g/mol. The van der Waals surface area contributed by atoms with E-state index in [4.69, 9.17) is 19.9 Å². The average Bonchev–Trinajstić information content (AvgIpc) is 3.30. The number of carbonyl (C=O) groups is 5. The molecule has 2 N–H and O–H groups in total. The van der Waals surface area contributed by atoms with E-state index in [2.05, 4.69) is 13.8 Å². The molecule has 3 aliphatic heterocycles. The van der Waals surface area contributed by atoms with E-state index in [0.29, 0.717) is 58.2 Å². The van der Waals surface area contributed by atoms with Crippen molar-refractivity contribution in [1.82, 2.24) is 4.90 Å². The maximum Gasteiger partial charge on any atom is 0.306 e. The number of ketones is 2. The van der Waals surface area contributed by atoms with Crippen molar-refractivity contribution < 1.29 is 38.2 Å². The molecule has 5 aliphatic rings. The molecule has 5 fully saturated rings. The lowest BCUT2D eigenvalue weighted by molar-refractivity contribution is -0.156. The molecule has 2 unspecified atom stereocenters. The van der Waals surface area contributed by atoms with Gasteiger partial charge in [0, 0.05) is 36.1 Å². The Morgan fingerprint density at radius 2 is 1.69 bits per heavy atom. The third kappa shape index (κ3) is 5.10. The minimum Gasteiger partial charge on any atom is -0.460 e. The lowest BCUT2D eigenvalue weighted by atomic mass is 9.75. The van der Waals surface area contributed by atoms with E-state index in [1.807, 2.05) is 20.8 Å². The third-order valence-corrected chi connectivity index (χ3v) is 11.8. The number of amides is 2. The standard InChI is InChI=1S/C32H48N2O8/c1-29(2,3)22(13-25(36)42-21-9-10-40-15-21)28(39)34-16-31(30(4,5)32(31)17-41-18-32)14-23(34)24(35)12-20(26(37)27(33)38)11-19-7-6-8-19/h19-23H,6-18H2,1-5H3,(H2,33,38)/t20?,21?,22-,23+,31-/m1/s1. The van der Waals surface area contributed by atoms with E-state index in [1.54, 1.807) is 4.90 Å². The van der Waals surface area contributed by atoms with E-state index in [-0.39, 0.29) is 46.9 Å². The Bertz CT molecular complexity index is 1130. The molecule has 5 rings (SSSR count). The molecule has 0 aromatic rings. The van der Waals surface area contributed by atoms with Crippen molar-refractivity contribution in [1.29, 1.82) is 0 Å². The molecule has 3 saturated heterocycles. The maximum absolute atomic E-state index is 14.5. The van der Waals surface area contributed by atoms with Crippen LogP contribution >= 0.6 is 0 Å². The summed E-state index contributed by atoms with van der Waals surface area (Å²) in [4.78, 5) is 68.0. The van der Waals surface area contributed by atoms with Crippen LogP contribution in [0.3, 0.4) is 0 Å². The van der Waals surface area contributed by atoms with Gasteiger partial charge in [0.2, 0.25) is 11.7 Å². The number of carbonyl (C=O) groups excluding carboxylic acids is 5. The van der Waals surface area contributed by atoms with Crippen molar-refractivity contribution in [2.24, 2.45) is 45.1 Å². The van der Waals surface area contributed by atoms with Crippen molar-refractivity contribution in [2.45, 2.75) is 98.1 Å². The Balaban J connectivity index is 1.40. The van der Waals surface area contributed by atoms with E-state index in [0.717, 1.165) is 19.3 Å². The summed E-state index contributed by atoms with van der Waals surface area (Å²) in [6, 6.07) is -0.745. The van der Waals surface area contributed by atoms with Crippen LogP contribution in [0, 0.1) is 39.4 Å². The summed E-state index contributed by atoms with van der Waals surface area (Å²) in [7, 11) is 0. The van der Waals surface area contributed by atoms with E-state index < -0.39 is 41.0 Å². The van der Waals surface area contributed by atoms with Gasteiger partial charge in [-0.15, -0.1) is 0 Å². The Hall–Kier alpha value is -2.33. The van der Waals surface area contributed by atoms with Gasteiger partial charge in [-0.25, -0.2) is 0 Å². The fourth-order valence-electron chi connectivity index (χ4n) is 8.39. The number of esters is 1. The highest BCUT2D eigenvalue weighted by Gasteiger charge is 2.86. The zero-order valence-electron chi connectivity index (χ0n) is 25.9. The number of primary amides is 1. The molecule has 0 bridgehead atoms. The Kier molecular flexibility index (Phi) is 8.14. The Morgan fingerprint density at radius 1 is 1.00 bits per heavy atom. The van der Waals surface area contributed by atoms with Crippen molar-refractivity contribution in [3.63, 3.8) is 0 Å². The lowest BCUT2D eigenvalue weighted by Gasteiger charge is -2.35. The van der Waals surface area contributed by atoms with Crippen LogP contribution in [0.4, 0.5) is 0 Å². The lowest BCUT2D eigenvalue weighted by Crippen LogP contribution is -2.48. The third-order valence-electron chi connectivity index (χ3n) is 11.8. The second-order valence-electron chi connectivity index (χ2n) is 15.2. The highest BCUT2D eigenvalue weighted by atomic mass is 16.6. The minimum absolute atomic E-state index is 0.0919. The number of ether oxygens (including phenoxy) is 3. The monoisotopic (exact) mass is 588 g/mol. The van der Waals surface area contributed by atoms with Gasteiger partial charge in [-0.1, -0.05) is 53.9 Å². The Morgan fingerprint density at radius 3 is 2.17 bits per heavy atom. The van der Waals surface area contributed by atoms with Gasteiger partial charge < -0.3 is 24.8 Å². The summed E-state index contributed by atoms with van der Waals surface area (Å²) < 4.78 is 16.6. The molecule has 3 heterocycles. The number of nitrogens with zero attached hydrogens (tertiary/aromatic N) is 1. The minimum atomic E-state index is -1.02. The number of fused-ring (bicyclic) bond motifs is 1. The summed E-state index contributed by atoms with van der Waals surface area (Å²) in [5, 5.41) is 0. The summed E-state index contributed by atoms with van der Waals surface area (Å²) >= 11 is 0. The molecule has 2 aliphatic carbocycles. The van der Waals surface area contributed by atoms with E-state index in [1.165, 1.54) is 0 Å². The maximum atomic E-state index is 14.5. The highest BCUT2D eigenvalue weighted by molar-refractivity contribution is 6.36. The quantitative estimate of drug-likeness (QED) is 0.287. The van der Waals surface area contributed by atoms with Gasteiger partial charge in [-0.3, -0.25) is 24.0 Å². The second kappa shape index (κ2) is 11.0. The molecular weight excluding hydrogens is 540 g/mol. The normalized spacial score (nSPS) is 30.8. The van der Waals surface area contributed by atoms with Crippen LogP contribution in [0.15, 0.2) is 0 Å². The first kappa shape index (κ1) is 31.1. The smallest absolute Gasteiger partial charge is 0.306 e. The van der Waals surface area contributed by atoms with Gasteiger partial charge in [0.1, 0.15) is 6.10 Å². The number of hydrogen-bond acceptors (Lipinski definition) is 8. The molecule has 10 heteroatoms. The predicted molar refractivity (Wildman–Crippen MR) is 152 cm³/mol. The van der Waals surface area contributed by atoms with Crippen LogP contribution in [-0.4, -0.2) is 79.4 Å². The molecule has 2 amide bonds. The summed E-state index contributed by atoms with van der Waals surface area (Å²) in [6.07, 6.45) is 4.09. The predicted octanol–water partition coefficient (Wildman–Crippen LogP) is 2.83. The fraction of sp³-hybridized carbons (Fsp3) is 0.844. The SMILES string of the molecule is CC(C)(C)[C@H](CC(=O)OC1CCOC1)C(=O)N1C[C@]2(C[C@H]1C(=O)CC(CC1CCC1)C(=O)C(N)=O)C(C)(C)C21COC1. The molecule has 0 aromatic heterocycles. The van der Waals surface area contributed by atoms with Crippen LogP contribution in [0.2, 0.25) is 0 Å². The molecule has 234 valence electrons. The molecular formula is C32H48N2O8. The van der Waals surface area contributed by atoms with Crippen LogP contribution < -0.4 is 5.73 Å². The van der Waals surface area contributed by atoms with Crippen LogP contribution in [0.1, 0.15) is 86.0 Å². The number of nitrogens with two attached hydrogens (primary N) is 1. The first-order valence-corrected chi connectivity index (χ1v) is 15.7. The topological polar surface area (TPSA) is 142 Å². The van der Waals surface area contributed by atoms with Crippen LogP contribution in [-0.2, 0) is 38.2 Å². The Labute approximate surface area is 248 Å². The van der Waals surface area contributed by atoms with Crippen molar-refractivity contribution >= 4 is 29.4 Å². The van der Waals surface area contributed by atoms with Crippen molar-refractivity contribution in [3.05, 3.63) is 0 Å². The fourth-order valence-corrected chi connectivity index (χ4v) is 8.39. The number of Topliss-reactive ketones (excluding diaryl/α,β-unsaturated/α-hetero) is 2. The number of rotatable bonds is 11. The zero-order valence-corrected chi connectivity index (χ0v) is 25.9. The first-order valence-electron chi connectivity index (χ1n) is 15.7. The van der Waals surface area contributed by atoms with Crippen molar-refractivity contribution in [3.8, 4) is 0 Å². The summed E-state index contributed by atoms with van der Waals surface area (Å²) in [6.45, 7) is 12.6. The summed E-state index contributed by atoms with van der Waals surface area (Å²) in [5.41, 5.74) is 4.27. The number of likely N-dealkylation sites (tertiary alicyclic amines) is 1. The van der Waals surface area contributed by atoms with Gasteiger partial charge in [0.05, 0.1) is 44.8 Å². The highest BCUT2D eigenvalue weighted by Crippen LogP contribution is 2.84. The van der Waals surface area contributed by atoms with Gasteiger partial charge >= 0.3 is 5.97 Å². The first-order chi connectivity index (χ1) is 19.6. The zero-order chi connectivity index (χ0) is 30.7. The molecule has 0 aromatic carbocycles. The van der Waals surface area contributed by atoms with Gasteiger partial charge in [0.25, 0.3) is 5.91 Å². The molecule has 2 saturated carbocycles. The van der Waals surface area contributed by atoms with Crippen molar-refractivity contribution in [2.75, 3.05) is 33.0 Å². The largest absolute Gasteiger partial charge is 0.460 e. The van der Waals surface area contributed by atoms with Gasteiger partial charge in [-0.05, 0) is 29.6 Å². The van der Waals surface area contributed by atoms with Crippen LogP contribution in [0.25, 0.3) is 0 Å². The second-order valence-corrected chi connectivity index (χ2v) is 15.2. The summed E-state index contributed by atoms with van der Waals surface area (Å²) in [5.74, 6) is -3.80. The molecule has 5 atom stereocenters. The van der Waals surface area contributed by atoms with Gasteiger partial charge in [0.15, 0.2) is 5.78 Å². The van der Waals surface area contributed by atoms with E-state index in [9.17, 15) is 24.0 Å². The van der Waals surface area contributed by atoms with E-state index >= 15 is 0 Å². The molecule has 2 spiro atoms. The van der Waals surface area contributed by atoms with Gasteiger partial charge in [-0.2, -0.15) is 0 Å². The van der Waals surface area contributed by atoms with Crippen LogP contribution in [0.5, 0.6) is 0 Å². The molecule has 10 nitrogen and oxygen atoms in total. The number of hydrogen-bond donors (Lipinski definition) is 1. The molecule has 0 radical (unpaired) electrons.